The van der Waals surface area contributed by atoms with Gasteiger partial charge in [0.25, 0.3) is 0 Å². The van der Waals surface area contributed by atoms with E-state index in [0.29, 0.717) is 5.75 Å². The zero-order chi connectivity index (χ0) is 15.0. The quantitative estimate of drug-likeness (QED) is 0.772. The summed E-state index contributed by atoms with van der Waals surface area (Å²) >= 11 is 0. The topological polar surface area (TPSA) is 38.3 Å². The summed E-state index contributed by atoms with van der Waals surface area (Å²) in [5.41, 5.74) is 0.965. The van der Waals surface area contributed by atoms with Crippen LogP contribution in [0.1, 0.15) is 32.1 Å². The molecule has 1 aliphatic heterocycles. The average molecular weight is 313 g/mol. The third kappa shape index (κ3) is 1.99. The van der Waals surface area contributed by atoms with Gasteiger partial charge in [-0.05, 0) is 37.1 Å². The summed E-state index contributed by atoms with van der Waals surface area (Å²) in [5.74, 6) is 0.700. The summed E-state index contributed by atoms with van der Waals surface area (Å²) in [5, 5.41) is 3.97. The second kappa shape index (κ2) is 5.17. The van der Waals surface area contributed by atoms with Gasteiger partial charge in [-0.25, -0.2) is 0 Å². The Morgan fingerprint density at radius 1 is 0.909 bits per heavy atom. The minimum atomic E-state index is -3.02. The molecule has 4 rings (SSSR count). The lowest BCUT2D eigenvalue weighted by Gasteiger charge is -2.47. The van der Waals surface area contributed by atoms with Crippen molar-refractivity contribution in [2.24, 2.45) is 0 Å². The monoisotopic (exact) mass is 313 g/mol. The third-order valence-corrected chi connectivity index (χ3v) is 7.94. The lowest BCUT2D eigenvalue weighted by atomic mass is 9.94. The number of hydrogen-bond donors (Lipinski definition) is 1. The Hall–Kier alpha value is -1.73. The Morgan fingerprint density at radius 2 is 1.59 bits per heavy atom. The van der Waals surface area contributed by atoms with Crippen molar-refractivity contribution in [3.8, 4) is 5.75 Å². The molecule has 4 heteroatoms. The van der Waals surface area contributed by atoms with Crippen LogP contribution < -0.4 is 15.1 Å². The van der Waals surface area contributed by atoms with Crippen LogP contribution in [0.2, 0.25) is 0 Å². The molecule has 114 valence electrons. The predicted molar refractivity (Wildman–Crippen MR) is 90.2 cm³/mol. The normalized spacial score (nSPS) is 25.8. The first-order chi connectivity index (χ1) is 10.7. The van der Waals surface area contributed by atoms with Crippen LogP contribution in [0.4, 0.5) is 5.69 Å². The summed E-state index contributed by atoms with van der Waals surface area (Å²) in [6.07, 6.45) is 5.19. The van der Waals surface area contributed by atoms with E-state index in [9.17, 15) is 4.57 Å². The van der Waals surface area contributed by atoms with Crippen LogP contribution in [0.25, 0.3) is 0 Å². The van der Waals surface area contributed by atoms with Gasteiger partial charge in [-0.1, -0.05) is 49.6 Å². The Balaban J connectivity index is 1.88. The number of nitrogens with one attached hydrogen (secondary N) is 1. The van der Waals surface area contributed by atoms with Gasteiger partial charge >= 0.3 is 7.37 Å². The Labute approximate surface area is 131 Å². The highest BCUT2D eigenvalue weighted by Gasteiger charge is 2.54. The van der Waals surface area contributed by atoms with Crippen molar-refractivity contribution in [1.29, 1.82) is 0 Å². The molecule has 0 radical (unpaired) electrons. The van der Waals surface area contributed by atoms with E-state index in [1.54, 1.807) is 0 Å². The zero-order valence-electron chi connectivity index (χ0n) is 12.5. The molecule has 1 unspecified atom stereocenters. The maximum Gasteiger partial charge on any atom is 0.301 e. The number of rotatable bonds is 1. The molecule has 1 saturated carbocycles. The molecule has 2 aliphatic rings. The minimum absolute atomic E-state index is 0.457. The van der Waals surface area contributed by atoms with Gasteiger partial charge in [0.15, 0.2) is 0 Å². The molecule has 1 aliphatic carbocycles. The SMILES string of the molecule is O=P1(c2ccccc2)Oc2ccccc2NC12CCCCC2. The van der Waals surface area contributed by atoms with Crippen LogP contribution in [-0.4, -0.2) is 5.28 Å². The van der Waals surface area contributed by atoms with Crippen molar-refractivity contribution in [2.75, 3.05) is 5.32 Å². The van der Waals surface area contributed by atoms with Crippen molar-refractivity contribution >= 4 is 18.4 Å². The number of para-hydroxylation sites is 2. The van der Waals surface area contributed by atoms with E-state index in [4.69, 9.17) is 4.52 Å². The largest absolute Gasteiger partial charge is 0.436 e. The first-order valence-electron chi connectivity index (χ1n) is 7.96. The van der Waals surface area contributed by atoms with Crippen molar-refractivity contribution in [1.82, 2.24) is 0 Å². The van der Waals surface area contributed by atoms with Gasteiger partial charge in [-0.15, -0.1) is 0 Å². The lowest BCUT2D eigenvalue weighted by Crippen LogP contribution is -2.46. The summed E-state index contributed by atoms with van der Waals surface area (Å²) in [6.45, 7) is 0. The highest BCUT2D eigenvalue weighted by atomic mass is 31.2. The number of anilines is 1. The van der Waals surface area contributed by atoms with Crippen LogP contribution in [0, 0.1) is 0 Å². The Bertz CT molecular complexity index is 723. The fourth-order valence-corrected chi connectivity index (χ4v) is 6.63. The first-order valence-corrected chi connectivity index (χ1v) is 9.59. The van der Waals surface area contributed by atoms with Crippen LogP contribution in [0.3, 0.4) is 0 Å². The number of hydrogen-bond acceptors (Lipinski definition) is 3. The van der Waals surface area contributed by atoms with E-state index in [0.717, 1.165) is 36.7 Å². The highest BCUT2D eigenvalue weighted by molar-refractivity contribution is 7.69. The van der Waals surface area contributed by atoms with Gasteiger partial charge in [0.1, 0.15) is 11.0 Å². The standard InChI is InChI=1S/C18H20NO2P/c20-22(15-9-3-1-4-10-15)18(13-7-2-8-14-18)19-16-11-5-6-12-17(16)21-22/h1,3-6,9-12,19H,2,7-8,13-14H2. The van der Waals surface area contributed by atoms with E-state index < -0.39 is 12.6 Å². The van der Waals surface area contributed by atoms with Crippen molar-refractivity contribution in [2.45, 2.75) is 37.4 Å². The van der Waals surface area contributed by atoms with E-state index in [-0.39, 0.29) is 0 Å². The van der Waals surface area contributed by atoms with Gasteiger partial charge in [-0.2, -0.15) is 0 Å². The fraction of sp³-hybridized carbons (Fsp3) is 0.333. The second-order valence-corrected chi connectivity index (χ2v) is 8.85. The summed E-state index contributed by atoms with van der Waals surface area (Å²) < 4.78 is 20.2. The van der Waals surface area contributed by atoms with Crippen molar-refractivity contribution in [3.63, 3.8) is 0 Å². The number of fused-ring (bicyclic) bond motifs is 1. The molecule has 2 aromatic carbocycles. The maximum atomic E-state index is 14.0. The van der Waals surface area contributed by atoms with Crippen LogP contribution in [0.15, 0.2) is 54.6 Å². The molecule has 22 heavy (non-hydrogen) atoms. The number of benzene rings is 2. The van der Waals surface area contributed by atoms with Gasteiger partial charge in [0.2, 0.25) is 0 Å². The molecule has 1 heterocycles. The zero-order valence-corrected chi connectivity index (χ0v) is 13.4. The van der Waals surface area contributed by atoms with E-state index in [1.807, 2.05) is 54.6 Å². The first kappa shape index (κ1) is 13.9. The Morgan fingerprint density at radius 3 is 2.36 bits per heavy atom. The molecule has 1 spiro atoms. The third-order valence-electron chi connectivity index (χ3n) is 4.82. The molecule has 0 aromatic heterocycles. The summed E-state index contributed by atoms with van der Waals surface area (Å²) in [6, 6.07) is 17.5. The highest BCUT2D eigenvalue weighted by Crippen LogP contribution is 2.66. The second-order valence-electron chi connectivity index (χ2n) is 6.19. The van der Waals surface area contributed by atoms with Crippen LogP contribution in [0.5, 0.6) is 5.75 Å². The molecular formula is C18H20NO2P. The molecule has 1 fully saturated rings. The molecule has 2 aromatic rings. The van der Waals surface area contributed by atoms with Gasteiger partial charge in [0.05, 0.1) is 11.0 Å². The maximum absolute atomic E-state index is 14.0. The molecule has 1 N–H and O–H groups in total. The van der Waals surface area contributed by atoms with Crippen molar-refractivity contribution < 1.29 is 9.09 Å². The molecule has 1 atom stereocenters. The lowest BCUT2D eigenvalue weighted by molar-refractivity contribution is 0.360. The van der Waals surface area contributed by atoms with E-state index in [1.165, 1.54) is 6.42 Å². The minimum Gasteiger partial charge on any atom is -0.436 e. The van der Waals surface area contributed by atoms with Gasteiger partial charge < -0.3 is 9.84 Å². The molecule has 0 bridgehead atoms. The summed E-state index contributed by atoms with van der Waals surface area (Å²) in [7, 11) is -3.02. The Kier molecular flexibility index (Phi) is 3.27. The van der Waals surface area contributed by atoms with Crippen molar-refractivity contribution in [3.05, 3.63) is 54.6 Å². The van der Waals surface area contributed by atoms with E-state index in [2.05, 4.69) is 5.32 Å². The van der Waals surface area contributed by atoms with Crippen LogP contribution >= 0.6 is 7.37 Å². The smallest absolute Gasteiger partial charge is 0.301 e. The molecular weight excluding hydrogens is 293 g/mol. The van der Waals surface area contributed by atoms with Crippen LogP contribution in [-0.2, 0) is 4.57 Å². The average Bonchev–Trinajstić information content (AvgIpc) is 2.58. The molecule has 0 saturated heterocycles. The predicted octanol–water partition coefficient (Wildman–Crippen LogP) is 4.75. The summed E-state index contributed by atoms with van der Waals surface area (Å²) in [4.78, 5) is 0. The molecule has 3 nitrogen and oxygen atoms in total. The molecule has 0 amide bonds. The fourth-order valence-electron chi connectivity index (χ4n) is 3.68. The van der Waals surface area contributed by atoms with E-state index >= 15 is 0 Å². The van der Waals surface area contributed by atoms with Gasteiger partial charge in [0, 0.05) is 0 Å². The van der Waals surface area contributed by atoms with Gasteiger partial charge in [-0.3, -0.25) is 4.57 Å².